The Hall–Kier alpha value is -0.700. The Balaban J connectivity index is 1.25. The van der Waals surface area contributed by atoms with E-state index in [0.717, 1.165) is 42.5 Å². The summed E-state index contributed by atoms with van der Waals surface area (Å²) in [5.41, 5.74) is 1.33. The fourth-order valence-corrected chi connectivity index (χ4v) is 5.39. The molecule has 1 N–H and O–H groups in total. The molecule has 0 aromatic carbocycles. The number of hydrogen-bond acceptors (Lipinski definition) is 8. The highest BCUT2D eigenvalue weighted by atomic mass is 32.2. The molecule has 2 fully saturated rings. The van der Waals surface area contributed by atoms with E-state index in [1.165, 1.54) is 5.70 Å². The lowest BCUT2D eigenvalue weighted by Gasteiger charge is -2.23. The summed E-state index contributed by atoms with van der Waals surface area (Å²) in [5.74, 6) is 0.932. The largest absolute Gasteiger partial charge is 0.377 e. The summed E-state index contributed by atoms with van der Waals surface area (Å²) in [6.45, 7) is 3.09. The third-order valence-electron chi connectivity index (χ3n) is 4.44. The van der Waals surface area contributed by atoms with Crippen molar-refractivity contribution in [2.24, 2.45) is 9.98 Å². The molecular weight excluding hydrogens is 308 g/mol. The number of ether oxygens (including phenoxy) is 2. The molecule has 4 atom stereocenters. The SMILES string of the molecule is C1=C(CSC2=N[C@@H]3COC[C@@H]3N2)N2C(=N[C@@H]3COC[C@H]32)S1. The minimum atomic E-state index is 0.316. The van der Waals surface area contributed by atoms with Gasteiger partial charge in [-0.15, -0.1) is 0 Å². The van der Waals surface area contributed by atoms with Gasteiger partial charge in [-0.1, -0.05) is 23.5 Å². The van der Waals surface area contributed by atoms with Gasteiger partial charge in [-0.05, 0) is 5.41 Å². The van der Waals surface area contributed by atoms with Crippen molar-refractivity contribution in [1.29, 1.82) is 0 Å². The standard InChI is InChI=1S/C13H16N4O2S2/c1-8-9(2-18-1)15-12(14-8)20-5-7-6-21-13-16-10-3-19-4-11(10)17(7)13/h6,8-11H,1-5H2,(H,14,15)/t8-,9+,10-,11-/m1/s1. The maximum Gasteiger partial charge on any atom is 0.168 e. The van der Waals surface area contributed by atoms with Crippen LogP contribution in [0.5, 0.6) is 0 Å². The molecule has 8 heteroatoms. The van der Waals surface area contributed by atoms with Crippen LogP contribution >= 0.6 is 23.5 Å². The summed E-state index contributed by atoms with van der Waals surface area (Å²) >= 11 is 3.53. The zero-order valence-electron chi connectivity index (χ0n) is 11.4. The number of rotatable bonds is 2. The van der Waals surface area contributed by atoms with Crippen LogP contribution in [-0.4, -0.2) is 71.6 Å². The van der Waals surface area contributed by atoms with Crippen LogP contribution in [0.15, 0.2) is 21.1 Å². The van der Waals surface area contributed by atoms with Crippen molar-refractivity contribution in [2.75, 3.05) is 32.2 Å². The van der Waals surface area contributed by atoms with Crippen LogP contribution in [0.25, 0.3) is 0 Å². The Morgan fingerprint density at radius 1 is 1.24 bits per heavy atom. The van der Waals surface area contributed by atoms with Crippen LogP contribution in [0, 0.1) is 0 Å². The van der Waals surface area contributed by atoms with Crippen molar-refractivity contribution in [1.82, 2.24) is 10.2 Å². The van der Waals surface area contributed by atoms with Gasteiger partial charge in [0.05, 0.1) is 50.6 Å². The third-order valence-corrected chi connectivity index (χ3v) is 6.28. The molecule has 5 aliphatic rings. The molecule has 6 nitrogen and oxygen atoms in total. The second kappa shape index (κ2) is 4.91. The number of thioether (sulfide) groups is 2. The number of aliphatic imine (C=N–C) groups is 2. The van der Waals surface area contributed by atoms with E-state index < -0.39 is 0 Å². The van der Waals surface area contributed by atoms with Crippen LogP contribution in [0.3, 0.4) is 0 Å². The average Bonchev–Trinajstić information content (AvgIpc) is 3.20. The second-order valence-electron chi connectivity index (χ2n) is 5.76. The maximum absolute atomic E-state index is 5.55. The Labute approximate surface area is 131 Å². The van der Waals surface area contributed by atoms with Crippen molar-refractivity contribution in [3.8, 4) is 0 Å². The van der Waals surface area contributed by atoms with Crippen LogP contribution in [0.4, 0.5) is 0 Å². The van der Waals surface area contributed by atoms with Crippen LogP contribution in [0.2, 0.25) is 0 Å². The van der Waals surface area contributed by atoms with E-state index in [0.29, 0.717) is 24.2 Å². The van der Waals surface area contributed by atoms with E-state index in [2.05, 4.69) is 15.6 Å². The topological polar surface area (TPSA) is 58.5 Å². The molecule has 0 amide bonds. The lowest BCUT2D eigenvalue weighted by Crippen LogP contribution is -2.37. The molecule has 112 valence electrons. The average molecular weight is 324 g/mol. The summed E-state index contributed by atoms with van der Waals surface area (Å²) in [6, 6.07) is 1.44. The number of nitrogens with one attached hydrogen (secondary N) is 1. The van der Waals surface area contributed by atoms with Crippen molar-refractivity contribution in [3.05, 3.63) is 11.1 Å². The summed E-state index contributed by atoms with van der Waals surface area (Å²) < 4.78 is 11.0. The molecule has 0 radical (unpaired) electrons. The lowest BCUT2D eigenvalue weighted by atomic mass is 10.2. The lowest BCUT2D eigenvalue weighted by molar-refractivity contribution is 0.178. The number of nitrogens with zero attached hydrogens (tertiary/aromatic N) is 3. The predicted molar refractivity (Wildman–Crippen MR) is 84.8 cm³/mol. The van der Waals surface area contributed by atoms with Gasteiger partial charge in [0, 0.05) is 11.4 Å². The van der Waals surface area contributed by atoms with Gasteiger partial charge in [-0.2, -0.15) is 0 Å². The Bertz CT molecular complexity index is 564. The van der Waals surface area contributed by atoms with Gasteiger partial charge in [-0.3, -0.25) is 9.98 Å². The molecule has 5 heterocycles. The molecule has 0 aromatic rings. The molecular formula is C13H16N4O2S2. The minimum Gasteiger partial charge on any atom is -0.377 e. The Morgan fingerprint density at radius 2 is 2.14 bits per heavy atom. The quantitative estimate of drug-likeness (QED) is 0.797. The summed E-state index contributed by atoms with van der Waals surface area (Å²) in [5, 5.41) is 7.89. The molecule has 0 spiro atoms. The maximum atomic E-state index is 5.55. The van der Waals surface area contributed by atoms with Gasteiger partial charge in [0.2, 0.25) is 0 Å². The fraction of sp³-hybridized carbons (Fsp3) is 0.692. The number of amidine groups is 2. The van der Waals surface area contributed by atoms with E-state index in [1.807, 2.05) is 0 Å². The number of hydrogen-bond donors (Lipinski definition) is 1. The smallest absolute Gasteiger partial charge is 0.168 e. The van der Waals surface area contributed by atoms with Gasteiger partial charge >= 0.3 is 0 Å². The first-order chi connectivity index (χ1) is 10.4. The van der Waals surface area contributed by atoms with Gasteiger partial charge in [0.15, 0.2) is 10.3 Å². The van der Waals surface area contributed by atoms with Crippen molar-refractivity contribution in [2.45, 2.75) is 24.2 Å². The molecule has 0 aromatic heterocycles. The van der Waals surface area contributed by atoms with Crippen molar-refractivity contribution < 1.29 is 9.47 Å². The Kier molecular flexibility index (Phi) is 2.99. The molecule has 5 aliphatic heterocycles. The molecule has 2 saturated heterocycles. The van der Waals surface area contributed by atoms with Crippen LogP contribution < -0.4 is 5.32 Å². The van der Waals surface area contributed by atoms with E-state index >= 15 is 0 Å². The monoisotopic (exact) mass is 324 g/mol. The highest BCUT2D eigenvalue weighted by molar-refractivity contribution is 8.17. The first-order valence-corrected chi connectivity index (χ1v) is 9.10. The summed E-state index contributed by atoms with van der Waals surface area (Å²) in [6.07, 6.45) is 0. The first kappa shape index (κ1) is 12.8. The van der Waals surface area contributed by atoms with E-state index in [1.54, 1.807) is 23.5 Å². The molecule has 0 unspecified atom stereocenters. The van der Waals surface area contributed by atoms with Crippen LogP contribution in [-0.2, 0) is 9.47 Å². The van der Waals surface area contributed by atoms with Gasteiger partial charge < -0.3 is 19.7 Å². The zero-order valence-corrected chi connectivity index (χ0v) is 13.0. The highest BCUT2D eigenvalue weighted by Crippen LogP contribution is 2.38. The summed E-state index contributed by atoms with van der Waals surface area (Å²) in [7, 11) is 0. The first-order valence-electron chi connectivity index (χ1n) is 7.24. The van der Waals surface area contributed by atoms with Gasteiger partial charge in [0.1, 0.15) is 0 Å². The Morgan fingerprint density at radius 3 is 3.10 bits per heavy atom. The normalized spacial score (nSPS) is 39.6. The molecule has 21 heavy (non-hydrogen) atoms. The molecule has 0 bridgehead atoms. The minimum absolute atomic E-state index is 0.316. The highest BCUT2D eigenvalue weighted by Gasteiger charge is 2.44. The molecule has 5 rings (SSSR count). The third kappa shape index (κ3) is 2.03. The van der Waals surface area contributed by atoms with E-state index in [-0.39, 0.29) is 0 Å². The van der Waals surface area contributed by atoms with E-state index in [9.17, 15) is 0 Å². The number of fused-ring (bicyclic) bond motifs is 4. The van der Waals surface area contributed by atoms with Crippen LogP contribution in [0.1, 0.15) is 0 Å². The fourth-order valence-electron chi connectivity index (χ4n) is 3.33. The van der Waals surface area contributed by atoms with Crippen molar-refractivity contribution in [3.63, 3.8) is 0 Å². The second-order valence-corrected chi connectivity index (χ2v) is 7.56. The van der Waals surface area contributed by atoms with Gasteiger partial charge in [0.25, 0.3) is 0 Å². The van der Waals surface area contributed by atoms with E-state index in [4.69, 9.17) is 19.5 Å². The molecule has 0 aliphatic carbocycles. The zero-order chi connectivity index (χ0) is 13.8. The predicted octanol–water partition coefficient (Wildman–Crippen LogP) is 0.473. The molecule has 0 saturated carbocycles. The summed E-state index contributed by atoms with van der Waals surface area (Å²) in [4.78, 5) is 11.8. The van der Waals surface area contributed by atoms with Gasteiger partial charge in [-0.25, -0.2) is 0 Å². The van der Waals surface area contributed by atoms with Crippen molar-refractivity contribution >= 4 is 33.9 Å².